The number of aryl methyl sites for hydroxylation is 1. The first-order chi connectivity index (χ1) is 7.16. The van der Waals surface area contributed by atoms with Crippen LogP contribution < -0.4 is 11.5 Å². The van der Waals surface area contributed by atoms with Gasteiger partial charge < -0.3 is 11.5 Å². The number of hydrogen-bond donors (Lipinski definition) is 2. The SMILES string of the molecule is CCCCCc1ccnc(N)c1C(N)=O. The fraction of sp³-hybridized carbons (Fsp3) is 0.455. The van der Waals surface area contributed by atoms with Crippen LogP contribution in [-0.4, -0.2) is 10.9 Å². The summed E-state index contributed by atoms with van der Waals surface area (Å²) in [5.74, 6) is -0.261. The molecule has 0 bridgehead atoms. The standard InChI is InChI=1S/C11H17N3O/c1-2-3-4-5-8-6-7-14-10(12)9(8)11(13)15/h6-7H,2-5H2,1H3,(H2,12,14)(H2,13,15). The molecule has 4 heteroatoms. The zero-order valence-electron chi connectivity index (χ0n) is 8.99. The van der Waals surface area contributed by atoms with E-state index in [2.05, 4.69) is 11.9 Å². The number of carbonyl (C=O) groups is 1. The van der Waals surface area contributed by atoms with Crippen molar-refractivity contribution in [1.29, 1.82) is 0 Å². The summed E-state index contributed by atoms with van der Waals surface area (Å²) < 4.78 is 0. The van der Waals surface area contributed by atoms with Gasteiger partial charge in [-0.2, -0.15) is 0 Å². The second kappa shape index (κ2) is 5.34. The van der Waals surface area contributed by atoms with Crippen LogP contribution in [0.5, 0.6) is 0 Å². The molecule has 1 amide bonds. The largest absolute Gasteiger partial charge is 0.383 e. The molecule has 0 atom stereocenters. The Morgan fingerprint density at radius 2 is 2.20 bits per heavy atom. The zero-order valence-corrected chi connectivity index (χ0v) is 8.99. The molecule has 0 aliphatic carbocycles. The van der Waals surface area contributed by atoms with Gasteiger partial charge in [0.25, 0.3) is 5.91 Å². The Kier molecular flexibility index (Phi) is 4.09. The van der Waals surface area contributed by atoms with Gasteiger partial charge in [-0.05, 0) is 24.5 Å². The van der Waals surface area contributed by atoms with E-state index in [1.807, 2.05) is 6.07 Å². The third-order valence-corrected chi connectivity index (χ3v) is 2.36. The van der Waals surface area contributed by atoms with Crippen molar-refractivity contribution < 1.29 is 4.79 Å². The number of rotatable bonds is 5. The number of primary amides is 1. The van der Waals surface area contributed by atoms with Gasteiger partial charge in [0.1, 0.15) is 5.82 Å². The summed E-state index contributed by atoms with van der Waals surface area (Å²) in [4.78, 5) is 15.0. The van der Waals surface area contributed by atoms with E-state index in [1.165, 1.54) is 0 Å². The molecule has 0 saturated heterocycles. The molecule has 0 aliphatic rings. The van der Waals surface area contributed by atoms with E-state index in [4.69, 9.17) is 11.5 Å². The molecule has 4 N–H and O–H groups in total. The first-order valence-corrected chi connectivity index (χ1v) is 5.20. The molecule has 0 aromatic carbocycles. The average Bonchev–Trinajstić information content (AvgIpc) is 2.17. The Morgan fingerprint density at radius 3 is 2.80 bits per heavy atom. The number of aromatic nitrogens is 1. The van der Waals surface area contributed by atoms with Gasteiger partial charge in [0.2, 0.25) is 0 Å². The predicted octanol–water partition coefficient (Wildman–Crippen LogP) is 1.50. The van der Waals surface area contributed by atoms with E-state index in [9.17, 15) is 4.79 Å². The Morgan fingerprint density at radius 1 is 1.47 bits per heavy atom. The van der Waals surface area contributed by atoms with Crippen LogP contribution in [0.4, 0.5) is 5.82 Å². The summed E-state index contributed by atoms with van der Waals surface area (Å²) in [7, 11) is 0. The second-order valence-electron chi connectivity index (χ2n) is 3.55. The number of unbranched alkanes of at least 4 members (excludes halogenated alkanes) is 2. The molecule has 1 aromatic rings. The summed E-state index contributed by atoms with van der Waals surface area (Å²) in [5, 5.41) is 0. The highest BCUT2D eigenvalue weighted by molar-refractivity contribution is 5.98. The van der Waals surface area contributed by atoms with Gasteiger partial charge in [-0.25, -0.2) is 4.98 Å². The lowest BCUT2D eigenvalue weighted by Crippen LogP contribution is -2.17. The molecule has 1 heterocycles. The first kappa shape index (κ1) is 11.5. The van der Waals surface area contributed by atoms with Crippen molar-refractivity contribution in [2.75, 3.05) is 5.73 Å². The second-order valence-corrected chi connectivity index (χ2v) is 3.55. The molecule has 82 valence electrons. The maximum absolute atomic E-state index is 11.2. The van der Waals surface area contributed by atoms with Crippen LogP contribution >= 0.6 is 0 Å². The van der Waals surface area contributed by atoms with Gasteiger partial charge in [-0.1, -0.05) is 19.8 Å². The molecule has 1 aromatic heterocycles. The average molecular weight is 207 g/mol. The molecule has 4 nitrogen and oxygen atoms in total. The molecule has 1 rings (SSSR count). The van der Waals surface area contributed by atoms with Gasteiger partial charge in [-0.15, -0.1) is 0 Å². The molecule has 0 radical (unpaired) electrons. The number of anilines is 1. The maximum Gasteiger partial charge on any atom is 0.252 e. The minimum absolute atomic E-state index is 0.233. The van der Waals surface area contributed by atoms with Crippen molar-refractivity contribution in [3.05, 3.63) is 23.4 Å². The first-order valence-electron chi connectivity index (χ1n) is 5.20. The Balaban J connectivity index is 2.86. The number of carbonyl (C=O) groups excluding carboxylic acids is 1. The van der Waals surface area contributed by atoms with Crippen LogP contribution in [-0.2, 0) is 6.42 Å². The lowest BCUT2D eigenvalue weighted by molar-refractivity contribution is 0.1000. The number of nitrogens with zero attached hydrogens (tertiary/aromatic N) is 1. The van der Waals surface area contributed by atoms with Crippen molar-refractivity contribution in [3.63, 3.8) is 0 Å². The van der Waals surface area contributed by atoms with Crippen LogP contribution in [0.3, 0.4) is 0 Å². The Hall–Kier alpha value is -1.58. The fourth-order valence-electron chi connectivity index (χ4n) is 1.58. The molecular weight excluding hydrogens is 190 g/mol. The summed E-state index contributed by atoms with van der Waals surface area (Å²) in [6.45, 7) is 2.13. The lowest BCUT2D eigenvalue weighted by atomic mass is 10.0. The summed E-state index contributed by atoms with van der Waals surface area (Å²) in [5.41, 5.74) is 12.2. The monoisotopic (exact) mass is 207 g/mol. The lowest BCUT2D eigenvalue weighted by Gasteiger charge is -2.07. The number of hydrogen-bond acceptors (Lipinski definition) is 3. The van der Waals surface area contributed by atoms with Crippen LogP contribution in [0, 0.1) is 0 Å². The Labute approximate surface area is 89.7 Å². The molecule has 0 unspecified atom stereocenters. The Bertz CT molecular complexity index is 350. The molecule has 0 aliphatic heterocycles. The highest BCUT2D eigenvalue weighted by Gasteiger charge is 2.12. The fourth-order valence-corrected chi connectivity index (χ4v) is 1.58. The van der Waals surface area contributed by atoms with Crippen LogP contribution in [0.2, 0.25) is 0 Å². The predicted molar refractivity (Wildman–Crippen MR) is 60.4 cm³/mol. The number of pyridine rings is 1. The summed E-state index contributed by atoms with van der Waals surface area (Å²) in [6.07, 6.45) is 5.77. The smallest absolute Gasteiger partial charge is 0.252 e. The summed E-state index contributed by atoms with van der Waals surface area (Å²) in [6, 6.07) is 1.81. The van der Waals surface area contributed by atoms with E-state index < -0.39 is 5.91 Å². The van der Waals surface area contributed by atoms with Crippen molar-refractivity contribution in [2.24, 2.45) is 5.73 Å². The third-order valence-electron chi connectivity index (χ3n) is 2.36. The topological polar surface area (TPSA) is 82.0 Å². The molecule has 0 spiro atoms. The number of nitrogen functional groups attached to an aromatic ring is 1. The van der Waals surface area contributed by atoms with E-state index >= 15 is 0 Å². The molecule has 0 saturated carbocycles. The quantitative estimate of drug-likeness (QED) is 0.718. The molecule has 0 fully saturated rings. The minimum Gasteiger partial charge on any atom is -0.383 e. The van der Waals surface area contributed by atoms with E-state index in [0.29, 0.717) is 5.56 Å². The maximum atomic E-state index is 11.2. The van der Waals surface area contributed by atoms with E-state index in [1.54, 1.807) is 6.20 Å². The van der Waals surface area contributed by atoms with Crippen molar-refractivity contribution in [3.8, 4) is 0 Å². The van der Waals surface area contributed by atoms with E-state index in [0.717, 1.165) is 31.2 Å². The van der Waals surface area contributed by atoms with Gasteiger partial charge in [0.15, 0.2) is 0 Å². The van der Waals surface area contributed by atoms with Crippen molar-refractivity contribution in [2.45, 2.75) is 32.6 Å². The van der Waals surface area contributed by atoms with Crippen LogP contribution in [0.1, 0.15) is 42.1 Å². The van der Waals surface area contributed by atoms with Crippen molar-refractivity contribution in [1.82, 2.24) is 4.98 Å². The van der Waals surface area contributed by atoms with Crippen molar-refractivity contribution >= 4 is 11.7 Å². The zero-order chi connectivity index (χ0) is 11.3. The van der Waals surface area contributed by atoms with Gasteiger partial charge in [0, 0.05) is 6.20 Å². The van der Waals surface area contributed by atoms with E-state index in [-0.39, 0.29) is 5.82 Å². The van der Waals surface area contributed by atoms with Gasteiger partial charge in [-0.3, -0.25) is 4.79 Å². The van der Waals surface area contributed by atoms with Gasteiger partial charge >= 0.3 is 0 Å². The number of amides is 1. The third kappa shape index (κ3) is 2.94. The van der Waals surface area contributed by atoms with Crippen LogP contribution in [0.15, 0.2) is 12.3 Å². The minimum atomic E-state index is -0.493. The normalized spacial score (nSPS) is 10.2. The highest BCUT2D eigenvalue weighted by atomic mass is 16.1. The van der Waals surface area contributed by atoms with Crippen LogP contribution in [0.25, 0.3) is 0 Å². The molecular formula is C11H17N3O. The van der Waals surface area contributed by atoms with Gasteiger partial charge in [0.05, 0.1) is 5.56 Å². The summed E-state index contributed by atoms with van der Waals surface area (Å²) >= 11 is 0. The molecule has 15 heavy (non-hydrogen) atoms. The number of nitrogens with two attached hydrogens (primary N) is 2. The highest BCUT2D eigenvalue weighted by Crippen LogP contribution is 2.16.